The van der Waals surface area contributed by atoms with E-state index in [-0.39, 0.29) is 6.54 Å². The molecule has 0 saturated carbocycles. The molecule has 1 aromatic carbocycles. The molecular formula is C15H22N2O4. The molecule has 2 amide bonds. The Hall–Kier alpha value is -2.08. The van der Waals surface area contributed by atoms with Crippen LogP contribution in [0.2, 0.25) is 0 Å². The Morgan fingerprint density at radius 1 is 1.24 bits per heavy atom. The van der Waals surface area contributed by atoms with Crippen molar-refractivity contribution in [3.63, 3.8) is 0 Å². The van der Waals surface area contributed by atoms with Crippen molar-refractivity contribution in [3.05, 3.63) is 24.3 Å². The van der Waals surface area contributed by atoms with E-state index in [0.717, 1.165) is 18.6 Å². The Bertz CT molecular complexity index is 457. The summed E-state index contributed by atoms with van der Waals surface area (Å²) in [5.74, 6) is -0.825. The average molecular weight is 294 g/mol. The molecule has 116 valence electrons. The summed E-state index contributed by atoms with van der Waals surface area (Å²) < 4.78 is 5.50. The largest absolute Gasteiger partial charge is 0.494 e. The highest BCUT2D eigenvalue weighted by Gasteiger charge is 2.13. The summed E-state index contributed by atoms with van der Waals surface area (Å²) in [6.07, 6.45) is 1.36. The van der Waals surface area contributed by atoms with Crippen molar-refractivity contribution < 1.29 is 19.4 Å². The van der Waals surface area contributed by atoms with Gasteiger partial charge >= 0.3 is 11.8 Å². The molecule has 0 spiro atoms. The van der Waals surface area contributed by atoms with Gasteiger partial charge in [0.05, 0.1) is 12.7 Å². The zero-order valence-corrected chi connectivity index (χ0v) is 12.4. The highest BCUT2D eigenvalue weighted by atomic mass is 16.5. The molecule has 1 aromatic rings. The van der Waals surface area contributed by atoms with Gasteiger partial charge < -0.3 is 20.5 Å². The normalized spacial score (nSPS) is 11.6. The summed E-state index contributed by atoms with van der Waals surface area (Å²) in [4.78, 5) is 23.0. The van der Waals surface area contributed by atoms with E-state index >= 15 is 0 Å². The number of anilines is 1. The van der Waals surface area contributed by atoms with Gasteiger partial charge in [-0.15, -0.1) is 0 Å². The zero-order valence-electron chi connectivity index (χ0n) is 12.4. The SMILES string of the molecule is CCCCOc1ccc(NC(=O)C(=O)NCC(C)O)cc1. The van der Waals surface area contributed by atoms with Crippen LogP contribution in [0, 0.1) is 0 Å². The number of aliphatic hydroxyl groups excluding tert-OH is 1. The highest BCUT2D eigenvalue weighted by molar-refractivity contribution is 6.39. The second-order valence-corrected chi connectivity index (χ2v) is 4.74. The number of unbranched alkanes of at least 4 members (excludes halogenated alkanes) is 1. The monoisotopic (exact) mass is 294 g/mol. The lowest BCUT2D eigenvalue weighted by molar-refractivity contribution is -0.136. The van der Waals surface area contributed by atoms with E-state index in [1.54, 1.807) is 24.3 Å². The number of rotatable bonds is 7. The first-order valence-corrected chi connectivity index (χ1v) is 7.03. The lowest BCUT2D eigenvalue weighted by Gasteiger charge is -2.09. The molecule has 0 fully saturated rings. The van der Waals surface area contributed by atoms with Gasteiger partial charge in [0.25, 0.3) is 0 Å². The minimum atomic E-state index is -0.779. The van der Waals surface area contributed by atoms with Crippen LogP contribution in [0.15, 0.2) is 24.3 Å². The fraction of sp³-hybridized carbons (Fsp3) is 0.467. The number of aliphatic hydroxyl groups is 1. The summed E-state index contributed by atoms with van der Waals surface area (Å²) in [5.41, 5.74) is 0.509. The fourth-order valence-corrected chi connectivity index (χ4v) is 1.48. The van der Waals surface area contributed by atoms with E-state index < -0.39 is 17.9 Å². The van der Waals surface area contributed by atoms with Gasteiger partial charge in [-0.3, -0.25) is 9.59 Å². The third-order valence-electron chi connectivity index (χ3n) is 2.64. The highest BCUT2D eigenvalue weighted by Crippen LogP contribution is 2.15. The Balaban J connectivity index is 2.43. The van der Waals surface area contributed by atoms with Crippen LogP contribution in [0.1, 0.15) is 26.7 Å². The molecule has 6 heteroatoms. The molecule has 3 N–H and O–H groups in total. The van der Waals surface area contributed by atoms with E-state index in [9.17, 15) is 9.59 Å². The number of hydrogen-bond donors (Lipinski definition) is 3. The molecule has 1 rings (SSSR count). The first-order valence-electron chi connectivity index (χ1n) is 7.03. The van der Waals surface area contributed by atoms with Crippen molar-refractivity contribution >= 4 is 17.5 Å². The second kappa shape index (κ2) is 8.97. The van der Waals surface area contributed by atoms with Gasteiger partial charge in [0.15, 0.2) is 0 Å². The van der Waals surface area contributed by atoms with E-state index in [1.165, 1.54) is 6.92 Å². The smallest absolute Gasteiger partial charge is 0.313 e. The van der Waals surface area contributed by atoms with Crippen LogP contribution < -0.4 is 15.4 Å². The molecule has 21 heavy (non-hydrogen) atoms. The van der Waals surface area contributed by atoms with E-state index in [4.69, 9.17) is 9.84 Å². The summed E-state index contributed by atoms with van der Waals surface area (Å²) in [5, 5.41) is 13.8. The van der Waals surface area contributed by atoms with E-state index in [0.29, 0.717) is 12.3 Å². The first-order chi connectivity index (χ1) is 10.0. The van der Waals surface area contributed by atoms with Crippen LogP contribution in [-0.4, -0.2) is 36.2 Å². The van der Waals surface area contributed by atoms with Crippen LogP contribution in [0.5, 0.6) is 5.75 Å². The van der Waals surface area contributed by atoms with Gasteiger partial charge in [-0.2, -0.15) is 0 Å². The number of ether oxygens (including phenoxy) is 1. The standard InChI is InChI=1S/C15H22N2O4/c1-3-4-9-21-13-7-5-12(6-8-13)17-15(20)14(19)16-10-11(2)18/h5-8,11,18H,3-4,9-10H2,1-2H3,(H,16,19)(H,17,20). The first kappa shape index (κ1) is 17.0. The second-order valence-electron chi connectivity index (χ2n) is 4.74. The van der Waals surface area contributed by atoms with Crippen LogP contribution in [0.4, 0.5) is 5.69 Å². The topological polar surface area (TPSA) is 87.7 Å². The number of amides is 2. The molecule has 1 atom stereocenters. The molecule has 0 aromatic heterocycles. The maximum atomic E-state index is 11.6. The van der Waals surface area contributed by atoms with Gasteiger partial charge in [-0.05, 0) is 37.6 Å². The number of carbonyl (C=O) groups excluding carboxylic acids is 2. The lowest BCUT2D eigenvalue weighted by atomic mass is 10.3. The predicted molar refractivity (Wildman–Crippen MR) is 80.2 cm³/mol. The van der Waals surface area contributed by atoms with Gasteiger partial charge in [-0.25, -0.2) is 0 Å². The number of carbonyl (C=O) groups is 2. The van der Waals surface area contributed by atoms with E-state index in [2.05, 4.69) is 17.6 Å². The summed E-state index contributed by atoms with van der Waals surface area (Å²) >= 11 is 0. The molecule has 0 heterocycles. The van der Waals surface area contributed by atoms with Crippen molar-refractivity contribution in [1.29, 1.82) is 0 Å². The Kier molecular flexibility index (Phi) is 7.25. The van der Waals surface area contributed by atoms with Crippen LogP contribution in [0.3, 0.4) is 0 Å². The quantitative estimate of drug-likeness (QED) is 0.522. The average Bonchev–Trinajstić information content (AvgIpc) is 2.46. The molecule has 6 nitrogen and oxygen atoms in total. The van der Waals surface area contributed by atoms with Gasteiger partial charge in [-0.1, -0.05) is 13.3 Å². The predicted octanol–water partition coefficient (Wildman–Crippen LogP) is 1.30. The van der Waals surface area contributed by atoms with Crippen molar-refractivity contribution in [3.8, 4) is 5.75 Å². The van der Waals surface area contributed by atoms with Crippen LogP contribution in [0.25, 0.3) is 0 Å². The molecule has 0 aliphatic carbocycles. The van der Waals surface area contributed by atoms with Crippen molar-refractivity contribution in [2.75, 3.05) is 18.5 Å². The molecule has 0 aliphatic rings. The molecule has 0 saturated heterocycles. The third kappa shape index (κ3) is 6.76. The minimum absolute atomic E-state index is 0.0382. The third-order valence-corrected chi connectivity index (χ3v) is 2.64. The van der Waals surface area contributed by atoms with Crippen molar-refractivity contribution in [2.45, 2.75) is 32.8 Å². The number of nitrogens with one attached hydrogen (secondary N) is 2. The maximum absolute atomic E-state index is 11.6. The molecular weight excluding hydrogens is 272 g/mol. The van der Waals surface area contributed by atoms with Gasteiger partial charge in [0.2, 0.25) is 0 Å². The maximum Gasteiger partial charge on any atom is 0.313 e. The van der Waals surface area contributed by atoms with E-state index in [1.807, 2.05) is 0 Å². The number of benzene rings is 1. The summed E-state index contributed by atoms with van der Waals surface area (Å²) in [6, 6.07) is 6.81. The molecule has 1 unspecified atom stereocenters. The molecule has 0 radical (unpaired) electrons. The van der Waals surface area contributed by atoms with Crippen molar-refractivity contribution in [1.82, 2.24) is 5.32 Å². The Morgan fingerprint density at radius 2 is 1.90 bits per heavy atom. The fourth-order valence-electron chi connectivity index (χ4n) is 1.48. The van der Waals surface area contributed by atoms with Gasteiger partial charge in [0.1, 0.15) is 5.75 Å². The summed E-state index contributed by atoms with van der Waals surface area (Å²) in [7, 11) is 0. The Morgan fingerprint density at radius 3 is 2.48 bits per heavy atom. The van der Waals surface area contributed by atoms with Crippen molar-refractivity contribution in [2.24, 2.45) is 0 Å². The van der Waals surface area contributed by atoms with Crippen LogP contribution in [-0.2, 0) is 9.59 Å². The summed E-state index contributed by atoms with van der Waals surface area (Å²) in [6.45, 7) is 4.31. The van der Waals surface area contributed by atoms with Crippen LogP contribution >= 0.6 is 0 Å². The molecule has 0 aliphatic heterocycles. The molecule has 0 bridgehead atoms. The Labute approximate surface area is 124 Å². The van der Waals surface area contributed by atoms with Gasteiger partial charge in [0, 0.05) is 12.2 Å². The lowest BCUT2D eigenvalue weighted by Crippen LogP contribution is -2.38. The number of hydrogen-bond acceptors (Lipinski definition) is 4. The zero-order chi connectivity index (χ0) is 15.7. The minimum Gasteiger partial charge on any atom is -0.494 e.